The molecule has 4 aliphatic heterocycles. The van der Waals surface area contributed by atoms with Crippen molar-refractivity contribution < 1.29 is 87.9 Å². The van der Waals surface area contributed by atoms with E-state index < -0.39 is 192 Å². The summed E-state index contributed by atoms with van der Waals surface area (Å²) in [5.41, 5.74) is 6.68. The molecule has 7 rings (SSSR count). The Labute approximate surface area is 677 Å². The molecule has 640 valence electrons. The number of aliphatic carboxylic acids is 1. The second-order valence-electron chi connectivity index (χ2n) is 33.0. The van der Waals surface area contributed by atoms with Crippen LogP contribution in [0.4, 0.5) is 0 Å². The fourth-order valence-electron chi connectivity index (χ4n) is 16.0. The lowest BCUT2D eigenvalue weighted by molar-refractivity contribution is -0.144. The van der Waals surface area contributed by atoms with E-state index in [4.69, 9.17) is 5.73 Å². The van der Waals surface area contributed by atoms with Crippen LogP contribution in [-0.4, -0.2) is 255 Å². The topological polar surface area (TPSA) is 521 Å². The molecule has 0 radical (unpaired) electrons. The monoisotopic (exact) mass is 1640 g/mol. The average Bonchev–Trinajstić information content (AvgIpc) is 1.72. The second-order valence-corrected chi connectivity index (χ2v) is 35.1. The van der Waals surface area contributed by atoms with E-state index in [9.17, 15) is 68.7 Å². The number of aliphatic hydroxyl groups excluding tert-OH is 4. The van der Waals surface area contributed by atoms with Crippen molar-refractivity contribution in [1.29, 1.82) is 0 Å². The molecule has 0 aromatic heterocycles. The number of nitrogens with two attached hydrogens (primary N) is 1. The zero-order valence-electron chi connectivity index (χ0n) is 67.3. The van der Waals surface area contributed by atoms with E-state index in [1.165, 1.54) is 49.3 Å². The Morgan fingerprint density at radius 3 is 1.61 bits per heavy atom. The van der Waals surface area contributed by atoms with Crippen LogP contribution in [0.15, 0.2) is 24.3 Å². The number of fused-ring (bicyclic) bond motifs is 3. The Balaban J connectivity index is 1.24. The molecule has 114 heavy (non-hydrogen) atoms. The van der Waals surface area contributed by atoms with Gasteiger partial charge in [-0.3, -0.25) is 62.3 Å². The van der Waals surface area contributed by atoms with Gasteiger partial charge in [-0.05, 0) is 176 Å². The van der Waals surface area contributed by atoms with Gasteiger partial charge in [0.25, 0.3) is 0 Å². The maximum absolute atomic E-state index is 15.4. The first-order chi connectivity index (χ1) is 54.1. The predicted octanol–water partition coefficient (Wildman–Crippen LogP) is -1.28. The highest BCUT2D eigenvalue weighted by molar-refractivity contribution is 7.98. The van der Waals surface area contributed by atoms with E-state index in [1.54, 1.807) is 34.6 Å². The summed E-state index contributed by atoms with van der Waals surface area (Å²) in [6.45, 7) is 13.1. The summed E-state index contributed by atoms with van der Waals surface area (Å²) in [6, 6.07) is -8.82. The van der Waals surface area contributed by atoms with E-state index in [2.05, 4.69) is 74.4 Å². The van der Waals surface area contributed by atoms with Crippen LogP contribution < -0.4 is 80.2 Å². The van der Waals surface area contributed by atoms with Gasteiger partial charge in [0, 0.05) is 62.2 Å². The summed E-state index contributed by atoms with van der Waals surface area (Å²) in [7, 11) is 1.41. The standard InChI is InChI=1S/C78H128N16O18S2/c1-9-13-53-68(103)86-55(26-27-62(100)101)69(104)87-56(32-44-18-22-50(97)23-19-44)71(106)85-54(14-10-2)70(105)92-63(42(3)95)75(110)90-59(66(79)102)40-114-39-47-16-11-15-46(31-47)38-113-30-28-61(99)91-65(78(5,6)7)76(111)89-58(33-45-20-24-51(98)25-21-45)77(112)94(8)60(35-49-37-80-41-83-49)73(108)93-64(43(4)96)74(109)88-57(72(107)84-53)34-48-36-82-67-52(48)17-12-29-81-67/h11,15-16,31,42-45,48-60,63-65,67,80-83,95-98H,9-10,12-14,17-30,32-41H2,1-8H3,(H2,79,102)(H,84,107)(H,85,106)(H,86,103)(H,87,104)(H,88,109)(H,89,111)(H,90,110)(H,91,99)(H,92,105)(H,93,108)(H,100,101)/t42-,43-,44?,45?,48?,49?,50?,51?,52?,53+,54+,55+,56+,57+,58+,59+,60+,63+,64+,65-,67?/m1/s1. The van der Waals surface area contributed by atoms with Crippen molar-refractivity contribution in [2.75, 3.05) is 44.9 Å². The van der Waals surface area contributed by atoms with Crippen molar-refractivity contribution in [3.8, 4) is 0 Å². The molecule has 6 aliphatic rings. The van der Waals surface area contributed by atoms with Crippen molar-refractivity contribution in [2.24, 2.45) is 34.8 Å². The van der Waals surface area contributed by atoms with Gasteiger partial charge in [-0.2, -0.15) is 23.5 Å². The molecule has 4 unspecified atom stereocenters. The van der Waals surface area contributed by atoms with Crippen LogP contribution in [0.5, 0.6) is 0 Å². The number of rotatable bonds is 18. The Hall–Kier alpha value is -7.29. The minimum absolute atomic E-state index is 0.00851. The van der Waals surface area contributed by atoms with E-state index in [1.807, 2.05) is 24.3 Å². The number of aliphatic hydroxyl groups is 4. The lowest BCUT2D eigenvalue weighted by Gasteiger charge is -2.37. The zero-order valence-corrected chi connectivity index (χ0v) is 69.0. The number of primary amides is 1. The van der Waals surface area contributed by atoms with E-state index in [0.717, 1.165) is 30.5 Å². The number of carbonyl (C=O) groups excluding carboxylic acids is 12. The third-order valence-electron chi connectivity index (χ3n) is 22.6. The molecule has 34 nitrogen and oxygen atoms in total. The number of thioether (sulfide) groups is 2. The number of nitrogens with one attached hydrogen (secondary N) is 14. The Bertz CT molecular complexity index is 3410. The number of piperidine rings is 1. The number of likely N-dealkylation sites (N-methyl/N-ethyl adjacent to an activating group) is 1. The minimum atomic E-state index is -1.78. The average molecular weight is 1640 g/mol. The SMILES string of the molecule is CCC[C@@H]1NC(=O)[C@H](CC2CNC3NCCCC23)NC(=O)[C@H]([C@@H](C)O)NC(=O)[C@H](CC2CNCN2)N(C)C(=O)[C@H](CC2CCC(O)CC2)NC(=O)[C@H](C(C)(C)C)NC(=O)CCSCc2cccc(c2)CSC[C@@H](C(N)=O)NC(=O)[C@H]([C@@H](C)O)NC(=O)[C@H](CCC)NC(=O)[C@H](CC2CCC(O)CC2)NC(=O)[C@H](CCC(=O)O)NC1=O. The molecule has 2 bridgehead atoms. The number of carbonyl (C=O) groups is 13. The van der Waals surface area contributed by atoms with Gasteiger partial charge < -0.3 is 111 Å². The summed E-state index contributed by atoms with van der Waals surface area (Å²) in [5.74, 6) is -11.0. The van der Waals surface area contributed by atoms with Gasteiger partial charge in [-0.15, -0.1) is 0 Å². The van der Waals surface area contributed by atoms with Crippen molar-refractivity contribution in [3.05, 3.63) is 35.4 Å². The largest absolute Gasteiger partial charge is 0.481 e. The smallest absolute Gasteiger partial charge is 0.303 e. The molecule has 12 amide bonds. The number of hydrogen-bond acceptors (Lipinski definition) is 23. The molecule has 2 saturated carbocycles. The van der Waals surface area contributed by atoms with Crippen LogP contribution in [0.2, 0.25) is 0 Å². The zero-order chi connectivity index (χ0) is 83.5. The highest BCUT2D eigenvalue weighted by Crippen LogP contribution is 2.34. The van der Waals surface area contributed by atoms with Gasteiger partial charge >= 0.3 is 5.97 Å². The van der Waals surface area contributed by atoms with Crippen molar-refractivity contribution >= 4 is 100 Å². The molecule has 3 saturated heterocycles. The number of hydrogen-bond donors (Lipinski definition) is 20. The normalized spacial score (nSPS) is 32.4. The summed E-state index contributed by atoms with van der Waals surface area (Å²) in [4.78, 5) is 189. The van der Waals surface area contributed by atoms with Gasteiger partial charge in [0.05, 0.1) is 30.6 Å². The molecule has 5 fully saturated rings. The minimum Gasteiger partial charge on any atom is -0.481 e. The van der Waals surface area contributed by atoms with E-state index in [0.29, 0.717) is 94.8 Å². The van der Waals surface area contributed by atoms with Gasteiger partial charge in [-0.1, -0.05) is 71.7 Å². The lowest BCUT2D eigenvalue weighted by atomic mass is 9.82. The second kappa shape index (κ2) is 46.0. The van der Waals surface area contributed by atoms with Gasteiger partial charge in [0.15, 0.2) is 0 Å². The maximum Gasteiger partial charge on any atom is 0.303 e. The molecule has 2 aliphatic carbocycles. The van der Waals surface area contributed by atoms with Gasteiger partial charge in [0.1, 0.15) is 66.5 Å². The Morgan fingerprint density at radius 1 is 0.570 bits per heavy atom. The third-order valence-corrected chi connectivity index (χ3v) is 24.8. The number of amides is 12. The summed E-state index contributed by atoms with van der Waals surface area (Å²) >= 11 is 2.74. The molecule has 0 spiro atoms. The van der Waals surface area contributed by atoms with Gasteiger partial charge in [0.2, 0.25) is 70.9 Å². The first-order valence-electron chi connectivity index (χ1n) is 40.8. The molecular formula is C78H128N16O18S2. The summed E-state index contributed by atoms with van der Waals surface area (Å²) in [6.07, 6.45) is -0.0547. The van der Waals surface area contributed by atoms with Crippen molar-refractivity contribution in [1.82, 2.24) is 79.3 Å². The van der Waals surface area contributed by atoms with Crippen LogP contribution in [0, 0.1) is 29.1 Å². The predicted molar refractivity (Wildman–Crippen MR) is 428 cm³/mol. The van der Waals surface area contributed by atoms with Crippen LogP contribution in [0.25, 0.3) is 0 Å². The highest BCUT2D eigenvalue weighted by atomic mass is 32.2. The molecule has 21 N–H and O–H groups in total. The molecular weight excluding hydrogens is 1510 g/mol. The molecule has 4 heterocycles. The molecule has 17 atom stereocenters. The fourth-order valence-corrected chi connectivity index (χ4v) is 17.9. The summed E-state index contributed by atoms with van der Waals surface area (Å²) in [5, 5.41) is 94.2. The number of carboxylic acids is 1. The van der Waals surface area contributed by atoms with Crippen molar-refractivity contribution in [3.63, 3.8) is 0 Å². The first kappa shape index (κ1) is 93.9. The van der Waals surface area contributed by atoms with E-state index >= 15 is 19.2 Å². The highest BCUT2D eigenvalue weighted by Gasteiger charge is 2.45. The van der Waals surface area contributed by atoms with Gasteiger partial charge in [-0.25, -0.2) is 0 Å². The quantitative estimate of drug-likeness (QED) is 0.0814. The van der Waals surface area contributed by atoms with Crippen molar-refractivity contribution in [2.45, 2.75) is 298 Å². The molecule has 36 heteroatoms. The fraction of sp³-hybridized carbons (Fsp3) is 0.756. The van der Waals surface area contributed by atoms with Crippen LogP contribution >= 0.6 is 23.5 Å². The lowest BCUT2D eigenvalue weighted by Crippen LogP contribution is -2.63. The van der Waals surface area contributed by atoms with Crippen LogP contribution in [-0.2, 0) is 73.8 Å². The third kappa shape index (κ3) is 29.4. The Morgan fingerprint density at radius 2 is 1.07 bits per heavy atom. The number of benzene rings is 1. The van der Waals surface area contributed by atoms with Crippen LogP contribution in [0.3, 0.4) is 0 Å². The summed E-state index contributed by atoms with van der Waals surface area (Å²) < 4.78 is 0. The number of carboxylic acid groups (broad SMARTS) is 1. The maximum atomic E-state index is 15.4. The molecule has 1 aromatic carbocycles. The number of nitrogens with zero attached hydrogens (tertiary/aromatic N) is 1. The Kier molecular flexibility index (Phi) is 37.9. The van der Waals surface area contributed by atoms with E-state index in [-0.39, 0.29) is 87.0 Å². The first-order valence-corrected chi connectivity index (χ1v) is 43.1. The van der Waals surface area contributed by atoms with Crippen LogP contribution in [0.1, 0.15) is 194 Å². The molecule has 1 aromatic rings.